The van der Waals surface area contributed by atoms with Gasteiger partial charge in [0.1, 0.15) is 22.8 Å². The molecule has 2 aliphatic carbocycles. The molecule has 0 aromatic carbocycles. The predicted molar refractivity (Wildman–Crippen MR) is 91.8 cm³/mol. The molecule has 0 radical (unpaired) electrons. The summed E-state index contributed by atoms with van der Waals surface area (Å²) in [4.78, 5) is 40.8. The highest BCUT2D eigenvalue weighted by Crippen LogP contribution is 2.38. The maximum absolute atomic E-state index is 14.7. The minimum Gasteiger partial charge on any atom is -0.462 e. The molecule has 0 N–H and O–H groups in total. The monoisotopic (exact) mass is 358 g/mol. The first-order valence-corrected chi connectivity index (χ1v) is 8.93. The second kappa shape index (κ2) is 6.30. The molecule has 2 aromatic rings. The van der Waals surface area contributed by atoms with E-state index in [-0.39, 0.29) is 47.4 Å². The topological polar surface area (TPSA) is 78.3 Å². The number of rotatable bonds is 4. The van der Waals surface area contributed by atoms with E-state index < -0.39 is 17.2 Å². The van der Waals surface area contributed by atoms with Crippen LogP contribution in [0.15, 0.2) is 17.1 Å². The molecule has 6 nitrogen and oxygen atoms in total. The maximum Gasteiger partial charge on any atom is 0.343 e. The van der Waals surface area contributed by atoms with Crippen molar-refractivity contribution in [3.05, 3.63) is 39.6 Å². The lowest BCUT2D eigenvalue weighted by Crippen LogP contribution is -2.22. The number of nitrogens with zero attached hydrogens (tertiary/aromatic N) is 2. The zero-order valence-electron chi connectivity index (χ0n) is 14.5. The third-order valence-electron chi connectivity index (χ3n) is 5.05. The number of ether oxygens (including phenoxy) is 1. The van der Waals surface area contributed by atoms with Crippen LogP contribution in [0.25, 0.3) is 11.0 Å². The van der Waals surface area contributed by atoms with Crippen LogP contribution in [0.3, 0.4) is 0 Å². The lowest BCUT2D eigenvalue weighted by atomic mass is 10.0. The third-order valence-corrected chi connectivity index (χ3v) is 5.05. The minimum atomic E-state index is -0.709. The summed E-state index contributed by atoms with van der Waals surface area (Å²) >= 11 is 0. The number of ketones is 1. The molecule has 26 heavy (non-hydrogen) atoms. The molecule has 4 rings (SSSR count). The van der Waals surface area contributed by atoms with Crippen LogP contribution in [-0.2, 0) is 9.53 Å². The van der Waals surface area contributed by atoms with Crippen LogP contribution in [0.2, 0.25) is 0 Å². The molecule has 0 spiro atoms. The number of fused-ring (bicyclic) bond motifs is 1. The number of esters is 1. The predicted octanol–water partition coefficient (Wildman–Crippen LogP) is 2.88. The van der Waals surface area contributed by atoms with Crippen LogP contribution < -0.4 is 5.43 Å². The summed E-state index contributed by atoms with van der Waals surface area (Å²) in [5.74, 6) is -1.45. The first-order chi connectivity index (χ1) is 12.5. The van der Waals surface area contributed by atoms with Crippen molar-refractivity contribution in [1.29, 1.82) is 0 Å². The van der Waals surface area contributed by atoms with Crippen molar-refractivity contribution in [1.82, 2.24) is 9.55 Å². The fraction of sp³-hybridized carbons (Fsp3) is 0.474. The van der Waals surface area contributed by atoms with Crippen LogP contribution in [0, 0.1) is 5.82 Å². The molecule has 0 bridgehead atoms. The van der Waals surface area contributed by atoms with Crippen molar-refractivity contribution >= 4 is 22.8 Å². The molecular weight excluding hydrogens is 339 g/mol. The second-order valence-electron chi connectivity index (χ2n) is 6.94. The van der Waals surface area contributed by atoms with E-state index in [9.17, 15) is 18.8 Å². The lowest BCUT2D eigenvalue weighted by Gasteiger charge is -2.15. The van der Waals surface area contributed by atoms with E-state index in [0.717, 1.165) is 18.9 Å². The Bertz CT molecular complexity index is 978. The highest BCUT2D eigenvalue weighted by Gasteiger charge is 2.31. The first kappa shape index (κ1) is 16.9. The number of halogens is 1. The minimum absolute atomic E-state index is 0.0769. The SMILES string of the molecule is CCOC(=O)c1cn(C2CC2)c2nc(C3CCC(=O)C3)c(F)cc2c1=O. The van der Waals surface area contributed by atoms with Gasteiger partial charge in [0.25, 0.3) is 0 Å². The Morgan fingerprint density at radius 3 is 2.73 bits per heavy atom. The molecule has 2 heterocycles. The average molecular weight is 358 g/mol. The van der Waals surface area contributed by atoms with E-state index in [1.165, 1.54) is 6.20 Å². The van der Waals surface area contributed by atoms with Gasteiger partial charge in [0.05, 0.1) is 17.7 Å². The Morgan fingerprint density at radius 1 is 1.35 bits per heavy atom. The zero-order chi connectivity index (χ0) is 18.4. The van der Waals surface area contributed by atoms with E-state index in [0.29, 0.717) is 18.5 Å². The fourth-order valence-corrected chi connectivity index (χ4v) is 3.58. The number of aromatic nitrogens is 2. The summed E-state index contributed by atoms with van der Waals surface area (Å²) in [5, 5.41) is 0.0769. The van der Waals surface area contributed by atoms with Crippen molar-refractivity contribution in [2.45, 2.75) is 51.0 Å². The number of pyridine rings is 2. The van der Waals surface area contributed by atoms with E-state index in [1.54, 1.807) is 11.5 Å². The summed E-state index contributed by atoms with van der Waals surface area (Å²) in [7, 11) is 0. The van der Waals surface area contributed by atoms with Gasteiger partial charge >= 0.3 is 5.97 Å². The molecule has 0 aliphatic heterocycles. The standard InChI is InChI=1S/C19H19FN2O4/c1-2-26-19(25)14-9-22(11-4-5-11)18-13(17(14)24)8-15(20)16(21-18)10-3-6-12(23)7-10/h8-11H,2-7H2,1H3. The van der Waals surface area contributed by atoms with Crippen molar-refractivity contribution in [2.24, 2.45) is 0 Å². The molecular formula is C19H19FN2O4. The van der Waals surface area contributed by atoms with Crippen molar-refractivity contribution in [3.63, 3.8) is 0 Å². The highest BCUT2D eigenvalue weighted by molar-refractivity contribution is 5.93. The van der Waals surface area contributed by atoms with Gasteiger partial charge in [-0.3, -0.25) is 9.59 Å². The maximum atomic E-state index is 14.7. The number of hydrogen-bond donors (Lipinski definition) is 0. The molecule has 2 aliphatic rings. The van der Waals surface area contributed by atoms with Gasteiger partial charge in [-0.1, -0.05) is 0 Å². The first-order valence-electron chi connectivity index (χ1n) is 8.93. The molecule has 1 unspecified atom stereocenters. The van der Waals surface area contributed by atoms with Gasteiger partial charge in [-0.05, 0) is 32.3 Å². The number of hydrogen-bond acceptors (Lipinski definition) is 5. The Hall–Kier alpha value is -2.57. The van der Waals surface area contributed by atoms with Gasteiger partial charge in [-0.2, -0.15) is 0 Å². The zero-order valence-corrected chi connectivity index (χ0v) is 14.5. The van der Waals surface area contributed by atoms with Crippen LogP contribution in [0.1, 0.15) is 67.0 Å². The summed E-state index contributed by atoms with van der Waals surface area (Å²) in [6.07, 6.45) is 4.59. The summed E-state index contributed by atoms with van der Waals surface area (Å²) < 4.78 is 21.4. The molecule has 7 heteroatoms. The van der Waals surface area contributed by atoms with Crippen molar-refractivity contribution in [3.8, 4) is 0 Å². The third kappa shape index (κ3) is 2.81. The largest absolute Gasteiger partial charge is 0.462 e. The van der Waals surface area contributed by atoms with Gasteiger partial charge in [-0.15, -0.1) is 0 Å². The second-order valence-corrected chi connectivity index (χ2v) is 6.94. The van der Waals surface area contributed by atoms with E-state index >= 15 is 0 Å². The Labute approximate surface area is 149 Å². The van der Waals surface area contributed by atoms with Crippen LogP contribution in [0.5, 0.6) is 0 Å². The van der Waals surface area contributed by atoms with Crippen LogP contribution in [0.4, 0.5) is 4.39 Å². The van der Waals surface area contributed by atoms with E-state index in [1.807, 2.05) is 0 Å². The van der Waals surface area contributed by atoms with Gasteiger partial charge in [0, 0.05) is 31.0 Å². The Kier molecular flexibility index (Phi) is 4.09. The molecule has 136 valence electrons. The van der Waals surface area contributed by atoms with Gasteiger partial charge in [-0.25, -0.2) is 14.2 Å². The van der Waals surface area contributed by atoms with Crippen LogP contribution in [-0.4, -0.2) is 27.9 Å². The fourth-order valence-electron chi connectivity index (χ4n) is 3.58. The smallest absolute Gasteiger partial charge is 0.343 e. The van der Waals surface area contributed by atoms with Gasteiger partial charge in [0.2, 0.25) is 5.43 Å². The average Bonchev–Trinajstić information content (AvgIpc) is 3.36. The molecule has 2 saturated carbocycles. The van der Waals surface area contributed by atoms with Gasteiger partial charge in [0.15, 0.2) is 0 Å². The molecule has 2 fully saturated rings. The van der Waals surface area contributed by atoms with Crippen LogP contribution >= 0.6 is 0 Å². The van der Waals surface area contributed by atoms with Gasteiger partial charge < -0.3 is 9.30 Å². The molecule has 1 atom stereocenters. The van der Waals surface area contributed by atoms with Crippen molar-refractivity contribution in [2.75, 3.05) is 6.61 Å². The molecule has 0 amide bonds. The quantitative estimate of drug-likeness (QED) is 0.786. The Morgan fingerprint density at radius 2 is 2.12 bits per heavy atom. The normalized spacial score (nSPS) is 19.9. The summed E-state index contributed by atoms with van der Waals surface area (Å²) in [6, 6.07) is 1.30. The summed E-state index contributed by atoms with van der Waals surface area (Å²) in [5.41, 5.74) is -0.0608. The van der Waals surface area contributed by atoms with E-state index in [2.05, 4.69) is 4.98 Å². The summed E-state index contributed by atoms with van der Waals surface area (Å²) in [6.45, 7) is 1.82. The number of carbonyl (C=O) groups excluding carboxylic acids is 2. The van der Waals surface area contributed by atoms with Crippen molar-refractivity contribution < 1.29 is 18.7 Å². The highest BCUT2D eigenvalue weighted by atomic mass is 19.1. The number of carbonyl (C=O) groups is 2. The molecule has 2 aromatic heterocycles. The Balaban J connectivity index is 1.91. The lowest BCUT2D eigenvalue weighted by molar-refractivity contribution is -0.117. The molecule has 0 saturated heterocycles. The van der Waals surface area contributed by atoms with E-state index in [4.69, 9.17) is 4.74 Å². The number of Topliss-reactive ketones (excluding diaryl/α,β-unsaturated/α-hetero) is 1.